The van der Waals surface area contributed by atoms with Gasteiger partial charge in [-0.25, -0.2) is 0 Å². The summed E-state index contributed by atoms with van der Waals surface area (Å²) in [4.78, 5) is 20.0. The lowest BCUT2D eigenvalue weighted by Gasteiger charge is -1.95. The van der Waals surface area contributed by atoms with Crippen molar-refractivity contribution >= 4 is 26.3 Å². The minimum Gasteiger partial charge on any atom is -0.281 e. The molecule has 0 radical (unpaired) electrons. The van der Waals surface area contributed by atoms with E-state index in [9.17, 15) is 19.3 Å². The molecule has 6 heteroatoms. The normalized spacial score (nSPS) is 9.69. The lowest BCUT2D eigenvalue weighted by atomic mass is 10.2. The Morgan fingerprint density at radius 3 is 2.54 bits per heavy atom. The Bertz CT molecular complexity index is 380. The van der Waals surface area contributed by atoms with Gasteiger partial charge in [0.05, 0.1) is 4.92 Å². The summed E-state index contributed by atoms with van der Waals surface area (Å²) in [5.74, 6) is -1.02. The van der Waals surface area contributed by atoms with Crippen LogP contribution in [-0.2, 0) is 0 Å². The lowest BCUT2D eigenvalue weighted by molar-refractivity contribution is -0.387. The molecule has 0 heterocycles. The monoisotopic (exact) mass is 247 g/mol. The first-order valence-corrected chi connectivity index (χ1v) is 3.95. The van der Waals surface area contributed by atoms with Crippen LogP contribution in [0.25, 0.3) is 0 Å². The van der Waals surface area contributed by atoms with Gasteiger partial charge in [-0.2, -0.15) is 4.39 Å². The molecule has 0 aliphatic heterocycles. The number of carbonyl (C=O) groups excluding carboxylic acids is 1. The summed E-state index contributed by atoms with van der Waals surface area (Å²) in [6.45, 7) is 0. The SMILES string of the molecule is O=C(Br)c1ccc([N+](=O)[O-])c(F)c1. The molecule has 1 aromatic rings. The zero-order valence-corrected chi connectivity index (χ0v) is 7.75. The lowest BCUT2D eigenvalue weighted by Crippen LogP contribution is -1.95. The van der Waals surface area contributed by atoms with Gasteiger partial charge in [0.1, 0.15) is 0 Å². The van der Waals surface area contributed by atoms with Crippen LogP contribution in [0, 0.1) is 15.9 Å². The highest BCUT2D eigenvalue weighted by Crippen LogP contribution is 2.19. The largest absolute Gasteiger partial charge is 0.304 e. The highest BCUT2D eigenvalue weighted by molar-refractivity contribution is 9.18. The first kappa shape index (κ1) is 9.79. The molecule has 1 aromatic carbocycles. The van der Waals surface area contributed by atoms with Crippen molar-refractivity contribution in [3.8, 4) is 0 Å². The molecule has 0 atom stereocenters. The fraction of sp³-hybridized carbons (Fsp3) is 0. The molecule has 0 saturated carbocycles. The number of halogens is 2. The van der Waals surface area contributed by atoms with Gasteiger partial charge in [-0.15, -0.1) is 0 Å². The topological polar surface area (TPSA) is 60.2 Å². The van der Waals surface area contributed by atoms with Crippen LogP contribution in [0.4, 0.5) is 10.1 Å². The second kappa shape index (κ2) is 3.61. The van der Waals surface area contributed by atoms with Crippen LogP contribution in [-0.4, -0.2) is 9.62 Å². The number of benzene rings is 1. The fourth-order valence-electron chi connectivity index (χ4n) is 0.777. The molecule has 1 rings (SSSR count). The molecule has 0 aromatic heterocycles. The van der Waals surface area contributed by atoms with E-state index in [0.29, 0.717) is 0 Å². The van der Waals surface area contributed by atoms with E-state index in [4.69, 9.17) is 0 Å². The van der Waals surface area contributed by atoms with E-state index in [1.165, 1.54) is 6.07 Å². The Morgan fingerprint density at radius 2 is 2.15 bits per heavy atom. The van der Waals surface area contributed by atoms with E-state index in [-0.39, 0.29) is 5.56 Å². The summed E-state index contributed by atoms with van der Waals surface area (Å²) in [5.41, 5.74) is -0.597. The average Bonchev–Trinajstić information content (AvgIpc) is 2.03. The zero-order chi connectivity index (χ0) is 10.0. The predicted molar refractivity (Wildman–Crippen MR) is 46.3 cm³/mol. The van der Waals surface area contributed by atoms with Crippen molar-refractivity contribution < 1.29 is 14.1 Å². The van der Waals surface area contributed by atoms with Crippen LogP contribution in [0.1, 0.15) is 10.4 Å². The average molecular weight is 248 g/mol. The minimum absolute atomic E-state index is 0.0445. The van der Waals surface area contributed by atoms with Crippen molar-refractivity contribution in [2.45, 2.75) is 0 Å². The molecule has 0 bridgehead atoms. The van der Waals surface area contributed by atoms with Crippen molar-refractivity contribution in [1.82, 2.24) is 0 Å². The third kappa shape index (κ3) is 2.09. The third-order valence-electron chi connectivity index (χ3n) is 1.37. The summed E-state index contributed by atoms with van der Waals surface area (Å²) < 4.78 is 12.3. The van der Waals surface area contributed by atoms with E-state index in [0.717, 1.165) is 12.1 Å². The van der Waals surface area contributed by atoms with E-state index in [1.807, 2.05) is 0 Å². The van der Waals surface area contributed by atoms with Crippen molar-refractivity contribution in [1.29, 1.82) is 0 Å². The number of carbonyl (C=O) groups is 1. The van der Waals surface area contributed by atoms with Crippen LogP contribution >= 0.6 is 15.9 Å². The molecular formula is C7H3BrFNO3. The van der Waals surface area contributed by atoms with Crippen LogP contribution in [0.2, 0.25) is 0 Å². The van der Waals surface area contributed by atoms with Crippen molar-refractivity contribution in [2.24, 2.45) is 0 Å². The third-order valence-corrected chi connectivity index (χ3v) is 1.83. The molecule has 68 valence electrons. The van der Waals surface area contributed by atoms with Gasteiger partial charge in [0.25, 0.3) is 0 Å². The maximum Gasteiger partial charge on any atom is 0.304 e. The van der Waals surface area contributed by atoms with Gasteiger partial charge in [-0.3, -0.25) is 14.9 Å². The second-order valence-electron chi connectivity index (χ2n) is 2.20. The number of nitrogens with zero attached hydrogens (tertiary/aromatic N) is 1. The van der Waals surface area contributed by atoms with Gasteiger partial charge < -0.3 is 0 Å². The highest BCUT2D eigenvalue weighted by atomic mass is 79.9. The molecular weight excluding hydrogens is 245 g/mol. The Kier molecular flexibility index (Phi) is 2.72. The van der Waals surface area contributed by atoms with Crippen molar-refractivity contribution in [3.05, 3.63) is 39.7 Å². The molecule has 0 fully saturated rings. The minimum atomic E-state index is -1.02. The molecule has 0 aliphatic carbocycles. The van der Waals surface area contributed by atoms with Crippen LogP contribution in [0.15, 0.2) is 18.2 Å². The summed E-state index contributed by atoms with van der Waals surface area (Å²) in [6.07, 6.45) is 0. The Morgan fingerprint density at radius 1 is 1.54 bits per heavy atom. The Hall–Kier alpha value is -1.30. The summed E-state index contributed by atoms with van der Waals surface area (Å²) >= 11 is 2.60. The first-order chi connectivity index (χ1) is 6.02. The molecule has 0 unspecified atom stereocenters. The standard InChI is InChI=1S/C7H3BrFNO3/c8-7(11)4-1-2-6(10(12)13)5(9)3-4/h1-3H. The van der Waals surface area contributed by atoms with Crippen LogP contribution in [0.5, 0.6) is 0 Å². The van der Waals surface area contributed by atoms with Crippen molar-refractivity contribution in [2.75, 3.05) is 0 Å². The number of rotatable bonds is 2. The molecule has 0 saturated heterocycles. The highest BCUT2D eigenvalue weighted by Gasteiger charge is 2.15. The van der Waals surface area contributed by atoms with Gasteiger partial charge in [0.15, 0.2) is 0 Å². The molecule has 4 nitrogen and oxygen atoms in total. The molecule has 0 amide bonds. The molecule has 13 heavy (non-hydrogen) atoms. The molecule has 0 N–H and O–H groups in total. The Balaban J connectivity index is 3.20. The van der Waals surface area contributed by atoms with Gasteiger partial charge in [0.2, 0.25) is 10.5 Å². The smallest absolute Gasteiger partial charge is 0.281 e. The summed E-state index contributed by atoms with van der Waals surface area (Å²) in [6, 6.07) is 2.94. The Labute approximate surface area is 80.6 Å². The van der Waals surface area contributed by atoms with Crippen LogP contribution in [0.3, 0.4) is 0 Å². The fourth-order valence-corrected chi connectivity index (χ4v) is 1.02. The summed E-state index contributed by atoms with van der Waals surface area (Å²) in [7, 11) is 0. The van der Waals surface area contributed by atoms with Crippen LogP contribution < -0.4 is 0 Å². The zero-order valence-electron chi connectivity index (χ0n) is 6.16. The number of hydrogen-bond acceptors (Lipinski definition) is 3. The predicted octanol–water partition coefficient (Wildman–Crippen LogP) is 2.27. The van der Waals surface area contributed by atoms with E-state index in [2.05, 4.69) is 15.9 Å². The van der Waals surface area contributed by atoms with E-state index >= 15 is 0 Å². The molecule has 0 spiro atoms. The maximum absolute atomic E-state index is 12.8. The quantitative estimate of drug-likeness (QED) is 0.458. The number of hydrogen-bond donors (Lipinski definition) is 0. The number of nitro groups is 1. The van der Waals surface area contributed by atoms with Crippen molar-refractivity contribution in [3.63, 3.8) is 0 Å². The first-order valence-electron chi connectivity index (χ1n) is 3.16. The number of nitro benzene ring substituents is 1. The van der Waals surface area contributed by atoms with E-state index in [1.54, 1.807) is 0 Å². The van der Waals surface area contributed by atoms with Gasteiger partial charge in [-0.05, 0) is 28.1 Å². The maximum atomic E-state index is 12.8. The van der Waals surface area contributed by atoms with Gasteiger partial charge in [-0.1, -0.05) is 0 Å². The summed E-state index contributed by atoms with van der Waals surface area (Å²) in [5, 5.41) is 10.2. The van der Waals surface area contributed by atoms with Gasteiger partial charge in [0, 0.05) is 11.6 Å². The van der Waals surface area contributed by atoms with Gasteiger partial charge >= 0.3 is 5.69 Å². The second-order valence-corrected chi connectivity index (χ2v) is 2.92. The molecule has 0 aliphatic rings. The van der Waals surface area contributed by atoms with E-state index < -0.39 is 21.1 Å².